The molecule has 0 atom stereocenters. The molecule has 25 heavy (non-hydrogen) atoms. The number of carbonyl (C=O) groups excluding carboxylic acids is 2. The molecule has 0 saturated heterocycles. The van der Waals surface area contributed by atoms with Crippen LogP contribution < -0.4 is 10.7 Å². The van der Waals surface area contributed by atoms with Crippen LogP contribution in [-0.4, -0.2) is 22.5 Å². The number of hydrazone groups is 1. The third-order valence-electron chi connectivity index (χ3n) is 3.47. The summed E-state index contributed by atoms with van der Waals surface area (Å²) in [4.78, 5) is 28.0. The van der Waals surface area contributed by atoms with Crippen molar-refractivity contribution in [3.8, 4) is 0 Å². The fraction of sp³-hybridized carbons (Fsp3) is 0.263. The smallest absolute Gasteiger partial charge is 0.272 e. The van der Waals surface area contributed by atoms with Crippen molar-refractivity contribution in [2.24, 2.45) is 10.5 Å². The Hall–Kier alpha value is -3.02. The number of aromatic nitrogens is 1. The lowest BCUT2D eigenvalue weighted by molar-refractivity contribution is -0.123. The number of amides is 2. The Bertz CT molecular complexity index is 793. The largest absolute Gasteiger partial charge is 0.326 e. The van der Waals surface area contributed by atoms with Gasteiger partial charge >= 0.3 is 0 Å². The first kappa shape index (κ1) is 18.3. The van der Waals surface area contributed by atoms with E-state index in [2.05, 4.69) is 20.8 Å². The van der Waals surface area contributed by atoms with E-state index in [1.54, 1.807) is 25.3 Å². The van der Waals surface area contributed by atoms with Crippen molar-refractivity contribution in [3.05, 3.63) is 59.9 Å². The van der Waals surface area contributed by atoms with Gasteiger partial charge in [0.05, 0.1) is 11.3 Å². The molecule has 0 bridgehead atoms. The van der Waals surface area contributed by atoms with Crippen LogP contribution in [0.5, 0.6) is 0 Å². The van der Waals surface area contributed by atoms with Gasteiger partial charge in [0.1, 0.15) is 0 Å². The second-order valence-corrected chi connectivity index (χ2v) is 6.66. The lowest BCUT2D eigenvalue weighted by atomic mass is 9.95. The number of carbonyl (C=O) groups is 2. The molecule has 0 radical (unpaired) electrons. The molecule has 6 nitrogen and oxygen atoms in total. The van der Waals surface area contributed by atoms with Gasteiger partial charge in [0.25, 0.3) is 5.91 Å². The first-order chi connectivity index (χ1) is 11.8. The quantitative estimate of drug-likeness (QED) is 0.663. The minimum atomic E-state index is -0.475. The highest BCUT2D eigenvalue weighted by molar-refractivity contribution is 6.02. The van der Waals surface area contributed by atoms with Crippen LogP contribution in [0.2, 0.25) is 0 Å². The Morgan fingerprint density at radius 2 is 1.80 bits per heavy atom. The summed E-state index contributed by atoms with van der Waals surface area (Å²) in [5, 5.41) is 6.99. The Balaban J connectivity index is 2.09. The van der Waals surface area contributed by atoms with E-state index in [-0.39, 0.29) is 11.8 Å². The number of benzene rings is 1. The zero-order chi connectivity index (χ0) is 18.4. The summed E-state index contributed by atoms with van der Waals surface area (Å²) in [6, 6.07) is 10.7. The topological polar surface area (TPSA) is 83.4 Å². The van der Waals surface area contributed by atoms with Crippen molar-refractivity contribution in [2.45, 2.75) is 27.7 Å². The number of hydrogen-bond donors (Lipinski definition) is 2. The van der Waals surface area contributed by atoms with Gasteiger partial charge in [-0.15, -0.1) is 0 Å². The van der Waals surface area contributed by atoms with Crippen molar-refractivity contribution in [1.29, 1.82) is 0 Å². The zero-order valence-electron chi connectivity index (χ0n) is 14.8. The molecule has 2 N–H and O–H groups in total. The fourth-order valence-electron chi connectivity index (χ4n) is 1.90. The zero-order valence-corrected chi connectivity index (χ0v) is 14.8. The van der Waals surface area contributed by atoms with Gasteiger partial charge in [-0.25, -0.2) is 5.43 Å². The molecule has 130 valence electrons. The van der Waals surface area contributed by atoms with E-state index in [1.807, 2.05) is 45.0 Å². The van der Waals surface area contributed by atoms with Crippen molar-refractivity contribution >= 4 is 23.2 Å². The van der Waals surface area contributed by atoms with Gasteiger partial charge in [-0.1, -0.05) is 32.9 Å². The molecule has 0 aliphatic carbocycles. The Kier molecular flexibility index (Phi) is 5.64. The molecule has 0 fully saturated rings. The predicted octanol–water partition coefficient (Wildman–Crippen LogP) is 3.22. The van der Waals surface area contributed by atoms with Crippen LogP contribution in [0.4, 0.5) is 5.69 Å². The van der Waals surface area contributed by atoms with Gasteiger partial charge < -0.3 is 5.32 Å². The maximum Gasteiger partial charge on any atom is 0.272 e. The lowest BCUT2D eigenvalue weighted by Crippen LogP contribution is -2.27. The molecule has 0 spiro atoms. The minimum Gasteiger partial charge on any atom is -0.326 e. The van der Waals surface area contributed by atoms with Gasteiger partial charge in [-0.2, -0.15) is 5.10 Å². The van der Waals surface area contributed by atoms with Crippen LogP contribution in [-0.2, 0) is 4.79 Å². The first-order valence-corrected chi connectivity index (χ1v) is 7.94. The highest BCUT2D eigenvalue weighted by atomic mass is 16.2. The Morgan fingerprint density at radius 1 is 1.08 bits per heavy atom. The average molecular weight is 338 g/mol. The summed E-state index contributed by atoms with van der Waals surface area (Å²) in [6.45, 7) is 7.35. The second kappa shape index (κ2) is 7.70. The van der Waals surface area contributed by atoms with Crippen molar-refractivity contribution in [1.82, 2.24) is 10.4 Å². The molecular weight excluding hydrogens is 316 g/mol. The van der Waals surface area contributed by atoms with E-state index in [0.29, 0.717) is 17.0 Å². The SMILES string of the molecule is C/C(=N\NC(=O)c1cccnc1)c1cccc(NC(=O)C(C)(C)C)c1. The predicted molar refractivity (Wildman–Crippen MR) is 98.4 cm³/mol. The van der Waals surface area contributed by atoms with E-state index >= 15 is 0 Å². The normalized spacial score (nSPS) is 11.8. The minimum absolute atomic E-state index is 0.0656. The van der Waals surface area contributed by atoms with Crippen LogP contribution in [0.25, 0.3) is 0 Å². The number of nitrogens with zero attached hydrogens (tertiary/aromatic N) is 2. The summed E-state index contributed by atoms with van der Waals surface area (Å²) in [7, 11) is 0. The van der Waals surface area contributed by atoms with Crippen LogP contribution >= 0.6 is 0 Å². The average Bonchev–Trinajstić information content (AvgIpc) is 2.59. The third-order valence-corrected chi connectivity index (χ3v) is 3.47. The molecule has 2 amide bonds. The van der Waals surface area contributed by atoms with Gasteiger partial charge in [-0.05, 0) is 36.8 Å². The molecule has 2 aromatic rings. The number of anilines is 1. The van der Waals surface area contributed by atoms with E-state index < -0.39 is 5.41 Å². The molecule has 0 unspecified atom stereocenters. The summed E-state index contributed by atoms with van der Waals surface area (Å²) in [5.74, 6) is -0.395. The van der Waals surface area contributed by atoms with Crippen molar-refractivity contribution < 1.29 is 9.59 Å². The molecule has 1 aromatic heterocycles. The van der Waals surface area contributed by atoms with E-state index in [9.17, 15) is 9.59 Å². The molecule has 2 rings (SSSR count). The first-order valence-electron chi connectivity index (χ1n) is 7.94. The lowest BCUT2D eigenvalue weighted by Gasteiger charge is -2.18. The monoisotopic (exact) mass is 338 g/mol. The van der Waals surface area contributed by atoms with E-state index in [0.717, 1.165) is 5.56 Å². The third kappa shape index (κ3) is 5.24. The van der Waals surface area contributed by atoms with Crippen LogP contribution in [0.1, 0.15) is 43.6 Å². The second-order valence-electron chi connectivity index (χ2n) is 6.66. The van der Waals surface area contributed by atoms with Gasteiger partial charge in [0, 0.05) is 23.5 Å². The van der Waals surface area contributed by atoms with Gasteiger partial charge in [0.2, 0.25) is 5.91 Å². The molecule has 0 aliphatic heterocycles. The number of hydrogen-bond acceptors (Lipinski definition) is 4. The van der Waals surface area contributed by atoms with E-state index in [4.69, 9.17) is 0 Å². The maximum absolute atomic E-state index is 12.1. The standard InChI is InChI=1S/C19H22N4O2/c1-13(22-23-17(24)15-8-6-10-20-12-15)14-7-5-9-16(11-14)21-18(25)19(2,3)4/h5-12H,1-4H3,(H,21,25)(H,23,24)/b22-13+. The molecule has 1 aromatic carbocycles. The summed E-state index contributed by atoms with van der Waals surface area (Å²) >= 11 is 0. The molecular formula is C19H22N4O2. The van der Waals surface area contributed by atoms with Crippen LogP contribution in [0, 0.1) is 5.41 Å². The van der Waals surface area contributed by atoms with Crippen molar-refractivity contribution in [3.63, 3.8) is 0 Å². The van der Waals surface area contributed by atoms with Gasteiger partial charge in [0.15, 0.2) is 0 Å². The van der Waals surface area contributed by atoms with Crippen LogP contribution in [0.3, 0.4) is 0 Å². The fourth-order valence-corrected chi connectivity index (χ4v) is 1.90. The summed E-state index contributed by atoms with van der Waals surface area (Å²) < 4.78 is 0. The van der Waals surface area contributed by atoms with Crippen LogP contribution in [0.15, 0.2) is 53.9 Å². The number of rotatable bonds is 4. The highest BCUT2D eigenvalue weighted by Gasteiger charge is 2.21. The molecule has 6 heteroatoms. The molecule has 1 heterocycles. The van der Waals surface area contributed by atoms with E-state index in [1.165, 1.54) is 6.20 Å². The Labute approximate surface area is 147 Å². The number of nitrogens with one attached hydrogen (secondary N) is 2. The molecule has 0 saturated carbocycles. The highest BCUT2D eigenvalue weighted by Crippen LogP contribution is 2.18. The molecule has 0 aliphatic rings. The summed E-state index contributed by atoms with van der Waals surface area (Å²) in [5.41, 5.74) is 4.58. The number of pyridine rings is 1. The van der Waals surface area contributed by atoms with Gasteiger partial charge in [-0.3, -0.25) is 14.6 Å². The summed E-state index contributed by atoms with van der Waals surface area (Å²) in [6.07, 6.45) is 3.07. The maximum atomic E-state index is 12.1. The van der Waals surface area contributed by atoms with Crippen molar-refractivity contribution in [2.75, 3.05) is 5.32 Å². The Morgan fingerprint density at radius 3 is 2.44 bits per heavy atom.